The van der Waals surface area contributed by atoms with Crippen molar-refractivity contribution in [1.82, 2.24) is 10.6 Å². The smallest absolute Gasteiger partial charge is 0.253 e. The van der Waals surface area contributed by atoms with E-state index in [9.17, 15) is 4.79 Å². The van der Waals surface area contributed by atoms with Gasteiger partial charge in [0.1, 0.15) is 6.10 Å². The molecule has 6 nitrogen and oxygen atoms in total. The Labute approximate surface area is 191 Å². The lowest BCUT2D eigenvalue weighted by atomic mass is 9.67. The van der Waals surface area contributed by atoms with Crippen LogP contribution < -0.4 is 16.0 Å². The summed E-state index contributed by atoms with van der Waals surface area (Å²) in [4.78, 5) is 17.0. The number of benzene rings is 1. The summed E-state index contributed by atoms with van der Waals surface area (Å²) >= 11 is 0. The highest BCUT2D eigenvalue weighted by atomic mass is 127. The van der Waals surface area contributed by atoms with Crippen LogP contribution in [0.1, 0.15) is 57.9 Å². The van der Waals surface area contributed by atoms with Gasteiger partial charge in [-0.25, -0.2) is 4.99 Å². The van der Waals surface area contributed by atoms with E-state index in [4.69, 9.17) is 9.73 Å². The third-order valence-corrected chi connectivity index (χ3v) is 5.98. The van der Waals surface area contributed by atoms with Crippen molar-refractivity contribution in [2.45, 2.75) is 65.0 Å². The molecule has 29 heavy (non-hydrogen) atoms. The molecule has 2 fully saturated rings. The Balaban J connectivity index is 0.00000300. The Bertz CT molecular complexity index is 680. The van der Waals surface area contributed by atoms with Gasteiger partial charge in [-0.15, -0.1) is 24.0 Å². The second kappa shape index (κ2) is 11.7. The number of carbonyl (C=O) groups excluding carboxylic acids is 1. The average molecular weight is 514 g/mol. The molecule has 2 aliphatic rings. The van der Waals surface area contributed by atoms with Gasteiger partial charge in [0.05, 0.1) is 6.54 Å². The molecular formula is C22H35IN4O2. The molecule has 3 N–H and O–H groups in total. The number of ether oxygens (including phenoxy) is 1. The quantitative estimate of drug-likeness (QED) is 0.278. The molecule has 3 rings (SSSR count). The molecule has 1 aliphatic carbocycles. The fraction of sp³-hybridized carbons (Fsp3) is 0.636. The van der Waals surface area contributed by atoms with Crippen molar-refractivity contribution in [2.75, 3.05) is 25.0 Å². The minimum Gasteiger partial charge on any atom is -0.368 e. The summed E-state index contributed by atoms with van der Waals surface area (Å²) in [6.45, 7) is 7.42. The topological polar surface area (TPSA) is 74.8 Å². The van der Waals surface area contributed by atoms with E-state index < -0.39 is 0 Å². The van der Waals surface area contributed by atoms with E-state index in [1.165, 1.54) is 25.7 Å². The molecule has 0 bridgehead atoms. The maximum atomic E-state index is 12.2. The number of aliphatic imine (C=N–C) groups is 1. The summed E-state index contributed by atoms with van der Waals surface area (Å²) in [5.41, 5.74) is 2.31. The fourth-order valence-electron chi connectivity index (χ4n) is 3.87. The highest BCUT2D eigenvalue weighted by molar-refractivity contribution is 14.0. The molecule has 0 spiro atoms. The van der Waals surface area contributed by atoms with Crippen molar-refractivity contribution < 1.29 is 9.53 Å². The van der Waals surface area contributed by atoms with Gasteiger partial charge in [0.2, 0.25) is 0 Å². The summed E-state index contributed by atoms with van der Waals surface area (Å²) in [6.07, 6.45) is 6.60. The predicted octanol–water partition coefficient (Wildman–Crippen LogP) is 4.06. The maximum absolute atomic E-state index is 12.2. The Kier molecular flexibility index (Phi) is 9.68. The van der Waals surface area contributed by atoms with Crippen molar-refractivity contribution in [3.8, 4) is 0 Å². The second-order valence-electron chi connectivity index (χ2n) is 7.95. The zero-order chi connectivity index (χ0) is 19.8. The van der Waals surface area contributed by atoms with Gasteiger partial charge in [-0.1, -0.05) is 25.5 Å². The maximum Gasteiger partial charge on any atom is 0.253 e. The van der Waals surface area contributed by atoms with E-state index >= 15 is 0 Å². The summed E-state index contributed by atoms with van der Waals surface area (Å²) in [5.74, 6) is 0.800. The summed E-state index contributed by atoms with van der Waals surface area (Å²) in [6, 6.07) is 7.88. The molecule has 1 saturated carbocycles. The molecule has 1 aromatic rings. The number of anilines is 1. The first kappa shape index (κ1) is 23.9. The van der Waals surface area contributed by atoms with Crippen molar-refractivity contribution in [3.05, 3.63) is 29.8 Å². The van der Waals surface area contributed by atoms with Gasteiger partial charge < -0.3 is 20.7 Å². The number of hydrogen-bond donors (Lipinski definition) is 3. The van der Waals surface area contributed by atoms with Crippen LogP contribution in [0.25, 0.3) is 0 Å². The molecule has 1 atom stereocenters. The number of halogens is 1. The molecule has 1 saturated heterocycles. The third kappa shape index (κ3) is 6.84. The third-order valence-electron chi connectivity index (χ3n) is 5.98. The number of hydrogen-bond acceptors (Lipinski definition) is 3. The van der Waals surface area contributed by atoms with Crippen molar-refractivity contribution in [3.63, 3.8) is 0 Å². The summed E-state index contributed by atoms with van der Waals surface area (Å²) in [7, 11) is 0. The Morgan fingerprint density at radius 1 is 1.24 bits per heavy atom. The van der Waals surface area contributed by atoms with Gasteiger partial charge in [0, 0.05) is 25.4 Å². The van der Waals surface area contributed by atoms with Crippen molar-refractivity contribution in [1.29, 1.82) is 0 Å². The lowest BCUT2D eigenvalue weighted by Gasteiger charge is -2.41. The van der Waals surface area contributed by atoms with Crippen LogP contribution in [0.4, 0.5) is 5.69 Å². The lowest BCUT2D eigenvalue weighted by Crippen LogP contribution is -2.46. The van der Waals surface area contributed by atoms with Crippen LogP contribution in [0.2, 0.25) is 0 Å². The highest BCUT2D eigenvalue weighted by Crippen LogP contribution is 2.42. The van der Waals surface area contributed by atoms with Crippen molar-refractivity contribution in [2.24, 2.45) is 10.4 Å². The first-order valence-corrected chi connectivity index (χ1v) is 10.7. The minimum atomic E-state index is -0.316. The van der Waals surface area contributed by atoms with Crippen LogP contribution in [-0.2, 0) is 16.1 Å². The summed E-state index contributed by atoms with van der Waals surface area (Å²) in [5, 5.41) is 9.82. The second-order valence-corrected chi connectivity index (χ2v) is 7.95. The van der Waals surface area contributed by atoms with E-state index in [0.29, 0.717) is 18.6 Å². The van der Waals surface area contributed by atoms with E-state index in [1.807, 2.05) is 24.3 Å². The Hall–Kier alpha value is -1.35. The molecule has 1 aliphatic heterocycles. The summed E-state index contributed by atoms with van der Waals surface area (Å²) < 4.78 is 5.45. The fourth-order valence-corrected chi connectivity index (χ4v) is 3.87. The van der Waals surface area contributed by atoms with Crippen LogP contribution in [-0.4, -0.2) is 37.7 Å². The average Bonchev–Trinajstić information content (AvgIpc) is 3.21. The molecule has 7 heteroatoms. The predicted molar refractivity (Wildman–Crippen MR) is 129 cm³/mol. The molecule has 1 aromatic carbocycles. The number of nitrogens with zero attached hydrogens (tertiary/aromatic N) is 1. The van der Waals surface area contributed by atoms with Gasteiger partial charge >= 0.3 is 0 Å². The van der Waals surface area contributed by atoms with Gasteiger partial charge in [-0.05, 0) is 62.1 Å². The van der Waals surface area contributed by atoms with E-state index in [0.717, 1.165) is 43.1 Å². The van der Waals surface area contributed by atoms with Crippen molar-refractivity contribution >= 4 is 41.5 Å². The Morgan fingerprint density at radius 3 is 2.69 bits per heavy atom. The highest BCUT2D eigenvalue weighted by Gasteiger charge is 2.34. The number of rotatable bonds is 8. The molecule has 1 amide bonds. The molecular weight excluding hydrogens is 479 g/mol. The Morgan fingerprint density at radius 2 is 2.07 bits per heavy atom. The van der Waals surface area contributed by atoms with E-state index in [1.54, 1.807) is 0 Å². The lowest BCUT2D eigenvalue weighted by molar-refractivity contribution is -0.124. The molecule has 0 radical (unpaired) electrons. The SMILES string of the molecule is CCNC(=NCc1cccc(NC(=O)C2CCCO2)c1)NCC1(CC)CCC1.I. The first-order valence-electron chi connectivity index (χ1n) is 10.7. The number of carbonyl (C=O) groups is 1. The molecule has 162 valence electrons. The van der Waals surface area contributed by atoms with Gasteiger partial charge in [-0.3, -0.25) is 4.79 Å². The molecule has 0 aromatic heterocycles. The van der Waals surface area contributed by atoms with Crippen LogP contribution in [0.15, 0.2) is 29.3 Å². The van der Waals surface area contributed by atoms with Gasteiger partial charge in [0.25, 0.3) is 5.91 Å². The number of nitrogens with one attached hydrogen (secondary N) is 3. The van der Waals surface area contributed by atoms with E-state index in [-0.39, 0.29) is 36.0 Å². The largest absolute Gasteiger partial charge is 0.368 e. The van der Waals surface area contributed by atoms with E-state index in [2.05, 4.69) is 29.8 Å². The van der Waals surface area contributed by atoms with Crippen LogP contribution in [0.3, 0.4) is 0 Å². The molecule has 1 heterocycles. The number of amides is 1. The standard InChI is InChI=1S/C22H34N4O2.HI/c1-3-22(11-7-12-22)16-25-21(23-4-2)24-15-17-8-5-9-18(14-17)26-20(27)19-10-6-13-28-19;/h5,8-9,14,19H,3-4,6-7,10-13,15-16H2,1-2H3,(H,26,27)(H2,23,24,25);1H. The normalized spacial score (nSPS) is 20.3. The monoisotopic (exact) mass is 514 g/mol. The van der Waals surface area contributed by atoms with Crippen LogP contribution in [0, 0.1) is 5.41 Å². The number of guanidine groups is 1. The zero-order valence-corrected chi connectivity index (χ0v) is 20.0. The van der Waals surface area contributed by atoms with Gasteiger partial charge in [-0.2, -0.15) is 0 Å². The van der Waals surface area contributed by atoms with Crippen LogP contribution in [0.5, 0.6) is 0 Å². The minimum absolute atomic E-state index is 0. The van der Waals surface area contributed by atoms with Crippen LogP contribution >= 0.6 is 24.0 Å². The molecule has 1 unspecified atom stereocenters. The van der Waals surface area contributed by atoms with Gasteiger partial charge in [0.15, 0.2) is 5.96 Å². The first-order chi connectivity index (χ1) is 13.6. The zero-order valence-electron chi connectivity index (χ0n) is 17.6.